The third-order valence-electron chi connectivity index (χ3n) is 6.39. The van der Waals surface area contributed by atoms with Gasteiger partial charge in [-0.25, -0.2) is 4.79 Å². The molecule has 0 saturated carbocycles. The Kier molecular flexibility index (Phi) is 8.33. The zero-order chi connectivity index (χ0) is 31.2. The summed E-state index contributed by atoms with van der Waals surface area (Å²) in [6.07, 6.45) is 0. The number of ether oxygens (including phenoxy) is 3. The quantitative estimate of drug-likeness (QED) is 0.0695. The topological polar surface area (TPSA) is 174 Å². The summed E-state index contributed by atoms with van der Waals surface area (Å²) in [6, 6.07) is 24.2. The zero-order valence-corrected chi connectivity index (χ0v) is 23.2. The number of aromatic nitrogens is 3. The molecule has 4 aromatic carbocycles. The molecule has 1 aromatic heterocycles. The van der Waals surface area contributed by atoms with Gasteiger partial charge in [-0.15, -0.1) is 15.0 Å². The predicted molar refractivity (Wildman–Crippen MR) is 158 cm³/mol. The summed E-state index contributed by atoms with van der Waals surface area (Å²) < 4.78 is 16.2. The van der Waals surface area contributed by atoms with E-state index in [1.165, 1.54) is 53.3 Å². The van der Waals surface area contributed by atoms with Gasteiger partial charge in [-0.3, -0.25) is 20.2 Å². The first kappa shape index (κ1) is 29.1. The minimum absolute atomic E-state index is 0.0121. The highest BCUT2D eigenvalue weighted by Gasteiger charge is 2.21. The maximum atomic E-state index is 13.1. The van der Waals surface area contributed by atoms with Crippen molar-refractivity contribution in [2.24, 2.45) is 5.10 Å². The second-order valence-corrected chi connectivity index (χ2v) is 9.04. The summed E-state index contributed by atoms with van der Waals surface area (Å²) in [5, 5.41) is 35.3. The Hall–Kier alpha value is -6.44. The number of hydrogen-bond donors (Lipinski definition) is 0. The van der Waals surface area contributed by atoms with Crippen molar-refractivity contribution in [3.05, 3.63) is 128 Å². The van der Waals surface area contributed by atoms with Crippen LogP contribution in [0.1, 0.15) is 15.9 Å². The molecule has 44 heavy (non-hydrogen) atoms. The lowest BCUT2D eigenvalue weighted by Crippen LogP contribution is -2.16. The summed E-state index contributed by atoms with van der Waals surface area (Å²) in [7, 11) is 3.10. The van der Waals surface area contributed by atoms with Crippen LogP contribution in [0.5, 0.6) is 11.5 Å². The van der Waals surface area contributed by atoms with E-state index in [-0.39, 0.29) is 28.4 Å². The van der Waals surface area contributed by atoms with Gasteiger partial charge < -0.3 is 14.2 Å². The van der Waals surface area contributed by atoms with Crippen molar-refractivity contribution in [1.82, 2.24) is 15.1 Å². The van der Waals surface area contributed by atoms with Crippen molar-refractivity contribution in [3.8, 4) is 34.0 Å². The minimum Gasteiger partial charge on any atom is -0.497 e. The summed E-state index contributed by atoms with van der Waals surface area (Å²) in [4.78, 5) is 35.4. The largest absolute Gasteiger partial charge is 0.497 e. The van der Waals surface area contributed by atoms with Gasteiger partial charge in [-0.05, 0) is 78.0 Å². The van der Waals surface area contributed by atoms with Crippen LogP contribution in [0.15, 0.2) is 102 Å². The molecule has 0 spiro atoms. The first-order valence-electron chi connectivity index (χ1n) is 12.8. The van der Waals surface area contributed by atoms with Crippen molar-refractivity contribution in [1.29, 1.82) is 0 Å². The Morgan fingerprint density at radius 3 is 1.66 bits per heavy atom. The molecule has 0 unspecified atom stereocenters. The second-order valence-electron chi connectivity index (χ2n) is 9.04. The molecule has 14 heteroatoms. The van der Waals surface area contributed by atoms with Crippen LogP contribution in [-0.4, -0.2) is 51.0 Å². The van der Waals surface area contributed by atoms with E-state index >= 15 is 0 Å². The Balaban J connectivity index is 1.63. The molecule has 0 aliphatic carbocycles. The number of benzene rings is 4. The van der Waals surface area contributed by atoms with E-state index in [0.717, 1.165) is 0 Å². The number of methoxy groups -OCH3 is 2. The van der Waals surface area contributed by atoms with Crippen molar-refractivity contribution in [2.75, 3.05) is 14.2 Å². The van der Waals surface area contributed by atoms with Gasteiger partial charge in [0.05, 0.1) is 29.6 Å². The fourth-order valence-electron chi connectivity index (χ4n) is 4.10. The molecule has 0 radical (unpaired) electrons. The van der Waals surface area contributed by atoms with Gasteiger partial charge in [0.15, 0.2) is 0 Å². The average Bonchev–Trinajstić information content (AvgIpc) is 3.47. The molecular weight excluding hydrogens is 572 g/mol. The summed E-state index contributed by atoms with van der Waals surface area (Å²) in [5.74, 6) is 0.123. The lowest BCUT2D eigenvalue weighted by atomic mass is 10.0. The number of non-ortho nitro benzene ring substituents is 2. The fourth-order valence-corrected chi connectivity index (χ4v) is 4.10. The van der Waals surface area contributed by atoms with Crippen molar-refractivity contribution in [2.45, 2.75) is 0 Å². The number of carbonyl (C=O) groups excluding carboxylic acids is 1. The normalized spacial score (nSPS) is 11.1. The van der Waals surface area contributed by atoms with Crippen LogP contribution in [0.4, 0.5) is 11.4 Å². The molecule has 1 heterocycles. The summed E-state index contributed by atoms with van der Waals surface area (Å²) >= 11 is 0. The number of nitro groups is 2. The monoisotopic (exact) mass is 594 g/mol. The second kappa shape index (κ2) is 12.6. The molecule has 0 fully saturated rings. The molecule has 0 aliphatic rings. The van der Waals surface area contributed by atoms with Gasteiger partial charge in [-0.2, -0.15) is 0 Å². The summed E-state index contributed by atoms with van der Waals surface area (Å²) in [5.41, 5.74) is 2.06. The van der Waals surface area contributed by atoms with E-state index in [0.29, 0.717) is 34.0 Å². The van der Waals surface area contributed by atoms with Crippen molar-refractivity contribution < 1.29 is 28.9 Å². The smallest absolute Gasteiger partial charge is 0.344 e. The van der Waals surface area contributed by atoms with Crippen molar-refractivity contribution in [3.63, 3.8) is 0 Å². The first-order valence-corrected chi connectivity index (χ1v) is 12.8. The third kappa shape index (κ3) is 6.23. The van der Waals surface area contributed by atoms with Crippen LogP contribution in [0.25, 0.3) is 22.5 Å². The molecule has 0 bridgehead atoms. The maximum Gasteiger partial charge on any atom is 0.344 e. The van der Waals surface area contributed by atoms with E-state index in [2.05, 4.69) is 15.4 Å². The highest BCUT2D eigenvalue weighted by Crippen LogP contribution is 2.32. The van der Waals surface area contributed by atoms with Gasteiger partial charge in [-0.1, -0.05) is 0 Å². The minimum atomic E-state index is -0.876. The third-order valence-corrected chi connectivity index (χ3v) is 6.39. The number of rotatable bonds is 9. The molecule has 5 aromatic rings. The van der Waals surface area contributed by atoms with Crippen LogP contribution in [0, 0.1) is 20.2 Å². The Morgan fingerprint density at radius 1 is 0.705 bits per heavy atom. The van der Waals surface area contributed by atoms with E-state index in [9.17, 15) is 25.0 Å². The average molecular weight is 595 g/mol. The Morgan fingerprint density at radius 2 is 1.18 bits per heavy atom. The van der Waals surface area contributed by atoms with E-state index < -0.39 is 15.8 Å². The highest BCUT2D eigenvalue weighted by atomic mass is 16.6. The highest BCUT2D eigenvalue weighted by molar-refractivity contribution is 6.05. The number of carbonyl (C=O) groups is 1. The first-order chi connectivity index (χ1) is 21.3. The van der Waals surface area contributed by atoms with Gasteiger partial charge in [0, 0.05) is 41.0 Å². The number of esters is 1. The maximum absolute atomic E-state index is 13.1. The number of nitro benzene ring substituents is 2. The van der Waals surface area contributed by atoms with Crippen molar-refractivity contribution >= 4 is 23.2 Å². The van der Waals surface area contributed by atoms with Crippen LogP contribution in [0.3, 0.4) is 0 Å². The molecular formula is C30H22N6O8. The van der Waals surface area contributed by atoms with E-state index in [1.54, 1.807) is 62.8 Å². The lowest BCUT2D eigenvalue weighted by molar-refractivity contribution is -0.385. The van der Waals surface area contributed by atoms with Gasteiger partial charge in [0.2, 0.25) is 5.90 Å². The molecule has 0 atom stereocenters. The standard InChI is InChI=1S/C30H22N6O8/c1-42-25-15-7-19(8-16-25)27-28(20-9-17-26(43-2)18-10-20)34(33-31-27)32-29(21-3-11-23(12-4-21)35(38)39)44-30(37)22-5-13-24(14-6-22)36(40)41/h3-18H,1-2H3/b32-29+. The molecule has 14 nitrogen and oxygen atoms in total. The SMILES string of the molecule is COc1ccc(-c2nnn(/N=C(/OC(=O)c3ccc([N+](=O)[O-])cc3)c3ccc([N+](=O)[O-])cc3)c2-c2ccc(OC)cc2)cc1. The summed E-state index contributed by atoms with van der Waals surface area (Å²) in [6.45, 7) is 0. The van der Waals surface area contributed by atoms with Crippen LogP contribution in [0.2, 0.25) is 0 Å². The molecule has 0 N–H and O–H groups in total. The molecule has 220 valence electrons. The molecule has 0 saturated heterocycles. The van der Waals surface area contributed by atoms with E-state index in [1.807, 2.05) is 0 Å². The van der Waals surface area contributed by atoms with Gasteiger partial charge >= 0.3 is 5.97 Å². The fraction of sp³-hybridized carbons (Fsp3) is 0.0667. The van der Waals surface area contributed by atoms with Crippen LogP contribution >= 0.6 is 0 Å². The molecule has 0 aliphatic heterocycles. The predicted octanol–water partition coefficient (Wildman–Crippen LogP) is 5.51. The van der Waals surface area contributed by atoms with Gasteiger partial charge in [0.1, 0.15) is 22.9 Å². The molecule has 5 rings (SSSR count). The zero-order valence-electron chi connectivity index (χ0n) is 23.2. The van der Waals surface area contributed by atoms with E-state index in [4.69, 9.17) is 14.2 Å². The van der Waals surface area contributed by atoms with Gasteiger partial charge in [0.25, 0.3) is 11.4 Å². The van der Waals surface area contributed by atoms with Crippen LogP contribution < -0.4 is 9.47 Å². The Bertz CT molecular complexity index is 1850. The number of hydrogen-bond acceptors (Lipinski definition) is 11. The van der Waals surface area contributed by atoms with Crippen LogP contribution in [-0.2, 0) is 4.74 Å². The molecule has 0 amide bonds. The lowest BCUT2D eigenvalue weighted by Gasteiger charge is -2.10. The number of nitrogens with zero attached hydrogens (tertiary/aromatic N) is 6. The Labute approximate surface area is 249 Å².